The molecule has 0 aliphatic carbocycles. The molecule has 0 aliphatic heterocycles. The minimum absolute atomic E-state index is 0.199. The normalized spacial score (nSPS) is 11.1. The van der Waals surface area contributed by atoms with E-state index in [-0.39, 0.29) is 5.88 Å². The first-order valence-electron chi connectivity index (χ1n) is 3.71. The summed E-state index contributed by atoms with van der Waals surface area (Å²) < 4.78 is 27.9. The number of hydrogen-bond donors (Lipinski definition) is 2. The van der Waals surface area contributed by atoms with Gasteiger partial charge in [-0.15, -0.1) is 5.10 Å². The van der Waals surface area contributed by atoms with Crippen LogP contribution in [0, 0.1) is 0 Å². The maximum Gasteiger partial charge on any atom is 0.388 e. The molecule has 2 heterocycles. The highest BCUT2D eigenvalue weighted by Crippen LogP contribution is 2.23. The van der Waals surface area contributed by atoms with Gasteiger partial charge in [0.05, 0.1) is 17.3 Å². The lowest BCUT2D eigenvalue weighted by Crippen LogP contribution is -2.02. The van der Waals surface area contributed by atoms with Gasteiger partial charge in [0.15, 0.2) is 5.65 Å². The number of rotatable bonds is 2. The number of halogens is 2. The topological polar surface area (TPSA) is 76.8 Å². The van der Waals surface area contributed by atoms with Gasteiger partial charge in [0.1, 0.15) is 0 Å². The number of fused-ring (bicyclic) bond motifs is 1. The minimum atomic E-state index is -2.91. The summed E-state index contributed by atoms with van der Waals surface area (Å²) in [7, 11) is 0. The van der Waals surface area contributed by atoms with Crippen LogP contribution in [0.4, 0.5) is 14.5 Å². The predicted molar refractivity (Wildman–Crippen MR) is 44.9 cm³/mol. The number of hydrogen-bond acceptors (Lipinski definition) is 4. The van der Waals surface area contributed by atoms with Gasteiger partial charge < -0.3 is 10.5 Å². The van der Waals surface area contributed by atoms with E-state index in [1.54, 1.807) is 0 Å². The van der Waals surface area contributed by atoms with Crippen molar-refractivity contribution in [1.29, 1.82) is 0 Å². The first kappa shape index (κ1) is 8.67. The summed E-state index contributed by atoms with van der Waals surface area (Å²) in [5.74, 6) is -0.199. The highest BCUT2D eigenvalue weighted by atomic mass is 19.3. The second-order valence-electron chi connectivity index (χ2n) is 2.57. The van der Waals surface area contributed by atoms with Gasteiger partial charge in [-0.05, 0) is 6.07 Å². The van der Waals surface area contributed by atoms with Crippen LogP contribution in [0.15, 0.2) is 12.3 Å². The van der Waals surface area contributed by atoms with Crippen molar-refractivity contribution in [2.75, 3.05) is 5.73 Å². The molecule has 0 amide bonds. The van der Waals surface area contributed by atoms with E-state index < -0.39 is 6.61 Å². The Hall–Kier alpha value is -1.92. The number of anilines is 1. The van der Waals surface area contributed by atoms with E-state index in [9.17, 15) is 8.78 Å². The molecule has 2 rings (SSSR count). The lowest BCUT2D eigenvalue weighted by Gasteiger charge is -1.99. The third kappa shape index (κ3) is 1.43. The molecule has 0 radical (unpaired) electrons. The predicted octanol–water partition coefficient (Wildman–Crippen LogP) is 1.14. The van der Waals surface area contributed by atoms with Crippen LogP contribution in [-0.2, 0) is 0 Å². The van der Waals surface area contributed by atoms with Crippen LogP contribution in [0.2, 0.25) is 0 Å². The van der Waals surface area contributed by atoms with Crippen LogP contribution in [0.1, 0.15) is 0 Å². The molecule has 2 aromatic heterocycles. The summed E-state index contributed by atoms with van der Waals surface area (Å²) in [6.45, 7) is -2.91. The number of nitrogen functional groups attached to an aromatic ring is 1. The van der Waals surface area contributed by atoms with Gasteiger partial charge in [-0.3, -0.25) is 5.10 Å². The van der Waals surface area contributed by atoms with Gasteiger partial charge in [0.25, 0.3) is 0 Å². The zero-order chi connectivity index (χ0) is 10.1. The van der Waals surface area contributed by atoms with Crippen molar-refractivity contribution in [2.45, 2.75) is 6.61 Å². The van der Waals surface area contributed by atoms with Crippen LogP contribution < -0.4 is 10.5 Å². The maximum absolute atomic E-state index is 11.9. The Morgan fingerprint density at radius 2 is 2.29 bits per heavy atom. The Labute approximate surface area is 76.9 Å². The van der Waals surface area contributed by atoms with E-state index in [1.165, 1.54) is 12.3 Å². The van der Waals surface area contributed by atoms with E-state index in [4.69, 9.17) is 5.73 Å². The summed E-state index contributed by atoms with van der Waals surface area (Å²) in [4.78, 5) is 3.84. The minimum Gasteiger partial charge on any atom is -0.415 e. The van der Waals surface area contributed by atoms with Gasteiger partial charge in [0.2, 0.25) is 5.88 Å². The number of ether oxygens (including phenoxy) is 1. The van der Waals surface area contributed by atoms with Gasteiger partial charge in [-0.2, -0.15) is 8.78 Å². The van der Waals surface area contributed by atoms with Crippen LogP contribution >= 0.6 is 0 Å². The highest BCUT2D eigenvalue weighted by Gasteiger charge is 2.12. The molecule has 0 unspecified atom stereocenters. The Balaban J connectivity index is 2.50. The molecule has 0 saturated carbocycles. The molecule has 0 fully saturated rings. The number of H-pyrrole nitrogens is 1. The lowest BCUT2D eigenvalue weighted by atomic mass is 10.3. The molecule has 0 saturated heterocycles. The third-order valence-corrected chi connectivity index (χ3v) is 1.60. The molecule has 3 N–H and O–H groups in total. The second-order valence-corrected chi connectivity index (χ2v) is 2.57. The summed E-state index contributed by atoms with van der Waals surface area (Å²) in [6, 6.07) is 1.46. The molecular formula is C7H6F2N4O. The summed E-state index contributed by atoms with van der Waals surface area (Å²) >= 11 is 0. The van der Waals surface area contributed by atoms with Crippen molar-refractivity contribution >= 4 is 16.7 Å². The number of pyridine rings is 1. The first-order chi connectivity index (χ1) is 6.66. The standard InChI is InChI=1S/C7H6F2N4O/c8-7(9)14-6-4-1-3(10)2-11-5(4)12-13-6/h1-2,7H,10H2,(H,11,12,13). The first-order valence-corrected chi connectivity index (χ1v) is 3.71. The Kier molecular flexibility index (Phi) is 1.91. The zero-order valence-electron chi connectivity index (χ0n) is 6.87. The monoisotopic (exact) mass is 200 g/mol. The van der Waals surface area contributed by atoms with Gasteiger partial charge in [0, 0.05) is 0 Å². The van der Waals surface area contributed by atoms with Gasteiger partial charge >= 0.3 is 6.61 Å². The van der Waals surface area contributed by atoms with Crippen molar-refractivity contribution in [3.63, 3.8) is 0 Å². The quantitative estimate of drug-likeness (QED) is 0.762. The summed E-state index contributed by atoms with van der Waals surface area (Å²) in [6.07, 6.45) is 1.40. The van der Waals surface area contributed by atoms with Crippen molar-refractivity contribution < 1.29 is 13.5 Å². The van der Waals surface area contributed by atoms with E-state index in [1.807, 2.05) is 0 Å². The van der Waals surface area contributed by atoms with Crippen molar-refractivity contribution in [1.82, 2.24) is 15.2 Å². The average molecular weight is 200 g/mol. The molecule has 74 valence electrons. The number of aromatic amines is 1. The largest absolute Gasteiger partial charge is 0.415 e. The fraction of sp³-hybridized carbons (Fsp3) is 0.143. The van der Waals surface area contributed by atoms with Crippen molar-refractivity contribution in [3.8, 4) is 5.88 Å². The SMILES string of the molecule is Nc1cnc2[nH]nc(OC(F)F)c2c1. The molecule has 0 bridgehead atoms. The Morgan fingerprint density at radius 3 is 3.00 bits per heavy atom. The molecule has 0 atom stereocenters. The average Bonchev–Trinajstić information content (AvgIpc) is 2.47. The van der Waals surface area contributed by atoms with Gasteiger partial charge in [-0.1, -0.05) is 0 Å². The number of nitrogens with zero attached hydrogens (tertiary/aromatic N) is 2. The third-order valence-electron chi connectivity index (χ3n) is 1.60. The second kappa shape index (κ2) is 3.09. The number of alkyl halides is 2. The Morgan fingerprint density at radius 1 is 1.50 bits per heavy atom. The van der Waals surface area contributed by atoms with Crippen LogP contribution in [0.3, 0.4) is 0 Å². The molecule has 0 spiro atoms. The molecule has 7 heteroatoms. The van der Waals surface area contributed by atoms with Crippen LogP contribution in [0.25, 0.3) is 11.0 Å². The van der Waals surface area contributed by atoms with Crippen LogP contribution in [-0.4, -0.2) is 21.8 Å². The molecule has 0 aliphatic rings. The van der Waals surface area contributed by atoms with Crippen LogP contribution in [0.5, 0.6) is 5.88 Å². The summed E-state index contributed by atoms with van der Waals surface area (Å²) in [5, 5.41) is 6.32. The molecule has 14 heavy (non-hydrogen) atoms. The van der Waals surface area contributed by atoms with E-state index in [0.717, 1.165) is 0 Å². The number of nitrogens with one attached hydrogen (secondary N) is 1. The smallest absolute Gasteiger partial charge is 0.388 e. The molecule has 0 aromatic carbocycles. The van der Waals surface area contributed by atoms with Crippen molar-refractivity contribution in [3.05, 3.63) is 12.3 Å². The molecular weight excluding hydrogens is 194 g/mol. The Bertz CT molecular complexity index is 456. The number of aromatic nitrogens is 3. The van der Waals surface area contributed by atoms with E-state index in [2.05, 4.69) is 19.9 Å². The zero-order valence-corrected chi connectivity index (χ0v) is 6.87. The molecule has 5 nitrogen and oxygen atoms in total. The highest BCUT2D eigenvalue weighted by molar-refractivity contribution is 5.83. The summed E-state index contributed by atoms with van der Waals surface area (Å²) in [5.41, 5.74) is 6.15. The van der Waals surface area contributed by atoms with E-state index in [0.29, 0.717) is 16.7 Å². The fourth-order valence-corrected chi connectivity index (χ4v) is 1.07. The molecule has 2 aromatic rings. The number of nitrogens with two attached hydrogens (primary N) is 1. The van der Waals surface area contributed by atoms with Gasteiger partial charge in [-0.25, -0.2) is 4.98 Å². The van der Waals surface area contributed by atoms with Crippen molar-refractivity contribution in [2.24, 2.45) is 0 Å². The van der Waals surface area contributed by atoms with E-state index >= 15 is 0 Å². The lowest BCUT2D eigenvalue weighted by molar-refractivity contribution is -0.0518. The maximum atomic E-state index is 11.9. The fourth-order valence-electron chi connectivity index (χ4n) is 1.07.